The fraction of sp³-hybridized carbons (Fsp3) is 0.462. The molecule has 3 N–H and O–H groups in total. The Hall–Kier alpha value is -1.71. The molecule has 17 heavy (non-hydrogen) atoms. The highest BCUT2D eigenvalue weighted by atomic mass is 16.5. The number of nitrogens with two attached hydrogens (primary N) is 1. The lowest BCUT2D eigenvalue weighted by atomic mass is 9.92. The van der Waals surface area contributed by atoms with Crippen molar-refractivity contribution in [3.8, 4) is 5.75 Å². The van der Waals surface area contributed by atoms with E-state index in [1.54, 1.807) is 25.3 Å². The van der Waals surface area contributed by atoms with Gasteiger partial charge in [0.05, 0.1) is 12.8 Å². The molecule has 4 nitrogen and oxygen atoms in total. The summed E-state index contributed by atoms with van der Waals surface area (Å²) in [5.41, 5.74) is 6.94. The van der Waals surface area contributed by atoms with E-state index in [-0.39, 0.29) is 11.3 Å². The molecule has 1 amide bonds. The highest BCUT2D eigenvalue weighted by Gasteiger charge is 2.16. The summed E-state index contributed by atoms with van der Waals surface area (Å²) >= 11 is 0. The summed E-state index contributed by atoms with van der Waals surface area (Å²) in [5.74, 6) is 0.598. The molecule has 4 heteroatoms. The highest BCUT2D eigenvalue weighted by molar-refractivity contribution is 5.91. The molecule has 0 radical (unpaired) electrons. The molecule has 0 aliphatic heterocycles. The van der Waals surface area contributed by atoms with Gasteiger partial charge in [0.15, 0.2) is 0 Å². The first-order chi connectivity index (χ1) is 7.81. The number of carbonyl (C=O) groups excluding carboxylic acids is 1. The Morgan fingerprint density at radius 1 is 1.41 bits per heavy atom. The van der Waals surface area contributed by atoms with Crippen LogP contribution in [0.5, 0.6) is 5.75 Å². The Labute approximate surface area is 102 Å². The number of methoxy groups -OCH3 is 1. The van der Waals surface area contributed by atoms with Crippen molar-refractivity contribution in [1.82, 2.24) is 0 Å². The monoisotopic (exact) mass is 236 g/mol. The Bertz CT molecular complexity index is 408. The molecule has 1 rings (SSSR count). The van der Waals surface area contributed by atoms with Crippen molar-refractivity contribution < 1.29 is 9.53 Å². The van der Waals surface area contributed by atoms with Crippen LogP contribution < -0.4 is 15.8 Å². The van der Waals surface area contributed by atoms with Crippen LogP contribution >= 0.6 is 0 Å². The van der Waals surface area contributed by atoms with E-state index in [0.717, 1.165) is 0 Å². The Morgan fingerprint density at radius 2 is 2.06 bits per heavy atom. The first-order valence-corrected chi connectivity index (χ1v) is 5.55. The minimum atomic E-state index is -0.0257. The van der Waals surface area contributed by atoms with E-state index in [0.29, 0.717) is 23.5 Å². The third-order valence-corrected chi connectivity index (χ3v) is 2.20. The standard InChI is InChI=1S/C13H20N2O2/c1-13(2,3)8-12(16)15-9-5-6-11(17-4)10(14)7-9/h5-7H,8,14H2,1-4H3,(H,15,16). The number of ether oxygens (including phenoxy) is 1. The first kappa shape index (κ1) is 13.4. The van der Waals surface area contributed by atoms with Crippen molar-refractivity contribution >= 4 is 17.3 Å². The van der Waals surface area contributed by atoms with Crippen molar-refractivity contribution in [2.24, 2.45) is 5.41 Å². The van der Waals surface area contributed by atoms with Gasteiger partial charge >= 0.3 is 0 Å². The zero-order valence-electron chi connectivity index (χ0n) is 10.8. The van der Waals surface area contributed by atoms with Gasteiger partial charge in [-0.2, -0.15) is 0 Å². The highest BCUT2D eigenvalue weighted by Crippen LogP contribution is 2.25. The van der Waals surface area contributed by atoms with Crippen LogP contribution in [0.2, 0.25) is 0 Å². The number of benzene rings is 1. The maximum Gasteiger partial charge on any atom is 0.224 e. The second-order valence-corrected chi connectivity index (χ2v) is 5.24. The average molecular weight is 236 g/mol. The topological polar surface area (TPSA) is 64.3 Å². The largest absolute Gasteiger partial charge is 0.495 e. The smallest absolute Gasteiger partial charge is 0.224 e. The van der Waals surface area contributed by atoms with Crippen LogP contribution in [0.4, 0.5) is 11.4 Å². The van der Waals surface area contributed by atoms with E-state index >= 15 is 0 Å². The maximum atomic E-state index is 11.7. The minimum Gasteiger partial charge on any atom is -0.495 e. The Morgan fingerprint density at radius 3 is 2.53 bits per heavy atom. The lowest BCUT2D eigenvalue weighted by Crippen LogP contribution is -2.19. The molecule has 0 aromatic heterocycles. The molecule has 0 spiro atoms. The molecule has 0 saturated heterocycles. The van der Waals surface area contributed by atoms with E-state index in [1.165, 1.54) is 0 Å². The van der Waals surface area contributed by atoms with Crippen molar-refractivity contribution in [1.29, 1.82) is 0 Å². The van der Waals surface area contributed by atoms with Gasteiger partial charge in [0.25, 0.3) is 0 Å². The molecule has 0 bridgehead atoms. The van der Waals surface area contributed by atoms with Gasteiger partial charge in [-0.25, -0.2) is 0 Å². The molecular weight excluding hydrogens is 216 g/mol. The number of nitrogen functional groups attached to an aromatic ring is 1. The molecule has 1 aromatic carbocycles. The summed E-state index contributed by atoms with van der Waals surface area (Å²) in [4.78, 5) is 11.7. The van der Waals surface area contributed by atoms with Gasteiger partial charge < -0.3 is 15.8 Å². The Kier molecular flexibility index (Phi) is 3.99. The molecule has 0 atom stereocenters. The predicted molar refractivity (Wildman–Crippen MR) is 70.1 cm³/mol. The number of rotatable bonds is 3. The van der Waals surface area contributed by atoms with Crippen molar-refractivity contribution in [2.45, 2.75) is 27.2 Å². The lowest BCUT2D eigenvalue weighted by Gasteiger charge is -2.17. The first-order valence-electron chi connectivity index (χ1n) is 5.55. The summed E-state index contributed by atoms with van der Waals surface area (Å²) in [5, 5.41) is 2.82. The van der Waals surface area contributed by atoms with Crippen molar-refractivity contribution in [2.75, 3.05) is 18.2 Å². The number of amides is 1. The number of hydrogen-bond acceptors (Lipinski definition) is 3. The summed E-state index contributed by atoms with van der Waals surface area (Å²) in [6.07, 6.45) is 0.471. The molecule has 0 aliphatic carbocycles. The SMILES string of the molecule is COc1ccc(NC(=O)CC(C)(C)C)cc1N. The Balaban J connectivity index is 2.69. The molecule has 0 heterocycles. The van der Waals surface area contributed by atoms with Crippen LogP contribution in [0.25, 0.3) is 0 Å². The summed E-state index contributed by atoms with van der Waals surface area (Å²) in [6, 6.07) is 5.21. The lowest BCUT2D eigenvalue weighted by molar-refractivity contribution is -0.117. The van der Waals surface area contributed by atoms with Gasteiger partial charge in [-0.1, -0.05) is 20.8 Å². The zero-order valence-corrected chi connectivity index (χ0v) is 10.8. The van der Waals surface area contributed by atoms with Crippen molar-refractivity contribution in [3.05, 3.63) is 18.2 Å². The predicted octanol–water partition coefficient (Wildman–Crippen LogP) is 2.65. The van der Waals surface area contributed by atoms with Gasteiger partial charge in [-0.05, 0) is 23.6 Å². The third kappa shape index (κ3) is 4.34. The fourth-order valence-corrected chi connectivity index (χ4v) is 1.50. The molecule has 0 aliphatic rings. The number of hydrogen-bond donors (Lipinski definition) is 2. The zero-order chi connectivity index (χ0) is 13.1. The van der Waals surface area contributed by atoms with Gasteiger partial charge in [-0.15, -0.1) is 0 Å². The second-order valence-electron chi connectivity index (χ2n) is 5.24. The van der Waals surface area contributed by atoms with Crippen LogP contribution in [0.3, 0.4) is 0 Å². The minimum absolute atomic E-state index is 0.0120. The number of carbonyl (C=O) groups is 1. The van der Waals surface area contributed by atoms with Crippen LogP contribution in [-0.2, 0) is 4.79 Å². The molecule has 0 saturated carbocycles. The van der Waals surface area contributed by atoms with Crippen molar-refractivity contribution in [3.63, 3.8) is 0 Å². The van der Waals surface area contributed by atoms with Crippen LogP contribution in [-0.4, -0.2) is 13.0 Å². The van der Waals surface area contributed by atoms with Gasteiger partial charge in [0.2, 0.25) is 5.91 Å². The average Bonchev–Trinajstić information content (AvgIpc) is 2.14. The van der Waals surface area contributed by atoms with Gasteiger partial charge in [0.1, 0.15) is 5.75 Å². The molecule has 0 fully saturated rings. The van der Waals surface area contributed by atoms with Gasteiger partial charge in [0, 0.05) is 12.1 Å². The van der Waals surface area contributed by atoms with E-state index in [4.69, 9.17) is 10.5 Å². The quantitative estimate of drug-likeness (QED) is 0.793. The summed E-state index contributed by atoms with van der Waals surface area (Å²) < 4.78 is 5.05. The molecule has 94 valence electrons. The normalized spacial score (nSPS) is 11.1. The molecule has 1 aromatic rings. The second kappa shape index (κ2) is 5.08. The van der Waals surface area contributed by atoms with Gasteiger partial charge in [-0.3, -0.25) is 4.79 Å². The van der Waals surface area contributed by atoms with Crippen LogP contribution in [0.15, 0.2) is 18.2 Å². The number of anilines is 2. The van der Waals surface area contributed by atoms with E-state index in [1.807, 2.05) is 20.8 Å². The summed E-state index contributed by atoms with van der Waals surface area (Å²) in [6.45, 7) is 6.07. The van der Waals surface area contributed by atoms with E-state index in [9.17, 15) is 4.79 Å². The molecule has 0 unspecified atom stereocenters. The third-order valence-electron chi connectivity index (χ3n) is 2.20. The molecular formula is C13H20N2O2. The maximum absolute atomic E-state index is 11.7. The summed E-state index contributed by atoms with van der Waals surface area (Å²) in [7, 11) is 1.56. The van der Waals surface area contributed by atoms with E-state index in [2.05, 4.69) is 5.32 Å². The van der Waals surface area contributed by atoms with Crippen LogP contribution in [0.1, 0.15) is 27.2 Å². The number of nitrogens with one attached hydrogen (secondary N) is 1. The van der Waals surface area contributed by atoms with Crippen LogP contribution in [0, 0.1) is 5.41 Å². The fourth-order valence-electron chi connectivity index (χ4n) is 1.50. The van der Waals surface area contributed by atoms with E-state index < -0.39 is 0 Å².